The number of alkyl halides is 3. The topological polar surface area (TPSA) is 73.4 Å². The number of carbonyl (C=O) groups is 1. The van der Waals surface area contributed by atoms with Gasteiger partial charge >= 0.3 is 6.18 Å². The van der Waals surface area contributed by atoms with E-state index in [9.17, 15) is 18.0 Å². The lowest BCUT2D eigenvalue weighted by atomic mass is 9.94. The molecule has 11 heteroatoms. The molecule has 2 N–H and O–H groups in total. The van der Waals surface area contributed by atoms with Gasteiger partial charge in [-0.3, -0.25) is 4.79 Å². The van der Waals surface area contributed by atoms with Crippen LogP contribution in [0.25, 0.3) is 6.08 Å². The van der Waals surface area contributed by atoms with Gasteiger partial charge in [0.2, 0.25) is 11.9 Å². The Morgan fingerprint density at radius 2 is 1.92 bits per heavy atom. The molecule has 39 heavy (non-hydrogen) atoms. The van der Waals surface area contributed by atoms with Gasteiger partial charge in [0.1, 0.15) is 5.82 Å². The highest BCUT2D eigenvalue weighted by Crippen LogP contribution is 2.36. The van der Waals surface area contributed by atoms with Gasteiger partial charge in [0, 0.05) is 43.5 Å². The van der Waals surface area contributed by atoms with Crippen molar-refractivity contribution in [2.45, 2.75) is 51.7 Å². The maximum absolute atomic E-state index is 15.0. The molecule has 7 nitrogen and oxygen atoms in total. The van der Waals surface area contributed by atoms with E-state index in [1.165, 1.54) is 12.1 Å². The lowest BCUT2D eigenvalue weighted by molar-refractivity contribution is -0.138. The van der Waals surface area contributed by atoms with E-state index in [-0.39, 0.29) is 35.4 Å². The number of nitrogens with one attached hydrogen (secondary N) is 2. The van der Waals surface area contributed by atoms with Gasteiger partial charge in [-0.05, 0) is 76.9 Å². The van der Waals surface area contributed by atoms with Gasteiger partial charge in [-0.2, -0.15) is 13.2 Å². The van der Waals surface area contributed by atoms with Gasteiger partial charge in [0.25, 0.3) is 0 Å². The Bertz CT molecular complexity index is 1190. The molecule has 1 saturated carbocycles. The Morgan fingerprint density at radius 1 is 1.13 bits per heavy atom. The predicted octanol–water partition coefficient (Wildman–Crippen LogP) is 5.47. The van der Waals surface area contributed by atoms with E-state index in [0.717, 1.165) is 38.7 Å². The fraction of sp³-hybridized carbons (Fsp3) is 0.536. The van der Waals surface area contributed by atoms with Crippen LogP contribution in [0, 0.1) is 17.7 Å². The predicted molar refractivity (Wildman–Crippen MR) is 144 cm³/mol. The number of carbonyl (C=O) groups excluding carboxylic acids is 1. The second-order valence-electron chi connectivity index (χ2n) is 10.6. The first kappa shape index (κ1) is 28.8. The van der Waals surface area contributed by atoms with Crippen LogP contribution in [0.15, 0.2) is 30.5 Å². The zero-order chi connectivity index (χ0) is 28.2. The molecule has 2 atom stereocenters. The SMILES string of the molecule is CC(C)NC(=O)[C@H]1CCC[C@H]1/C=C/c1nc(Nc2ccc(N3CCCN(C)CC3)c(F)c2)ncc1C(F)(F)F. The number of hydrogen-bond donors (Lipinski definition) is 2. The van der Waals surface area contributed by atoms with Crippen molar-refractivity contribution in [2.75, 3.05) is 43.4 Å². The van der Waals surface area contributed by atoms with Gasteiger partial charge in [-0.1, -0.05) is 12.5 Å². The monoisotopic (exact) mass is 548 g/mol. The molecule has 0 spiro atoms. The fourth-order valence-electron chi connectivity index (χ4n) is 5.21. The quantitative estimate of drug-likeness (QED) is 0.447. The number of benzene rings is 1. The molecule has 1 amide bonds. The molecule has 2 fully saturated rings. The van der Waals surface area contributed by atoms with E-state index in [0.29, 0.717) is 30.8 Å². The summed E-state index contributed by atoms with van der Waals surface area (Å²) >= 11 is 0. The third kappa shape index (κ3) is 7.46. The van der Waals surface area contributed by atoms with Gasteiger partial charge in [-0.15, -0.1) is 0 Å². The highest BCUT2D eigenvalue weighted by atomic mass is 19.4. The minimum absolute atomic E-state index is 0.0139. The van der Waals surface area contributed by atoms with Gasteiger partial charge in [-0.25, -0.2) is 14.4 Å². The summed E-state index contributed by atoms with van der Waals surface area (Å²) in [7, 11) is 2.04. The van der Waals surface area contributed by atoms with Crippen molar-refractivity contribution < 1.29 is 22.4 Å². The number of rotatable bonds is 7. The maximum atomic E-state index is 15.0. The fourth-order valence-corrected chi connectivity index (χ4v) is 5.21. The molecule has 1 aliphatic carbocycles. The summed E-state index contributed by atoms with van der Waals surface area (Å²) in [6.45, 7) is 6.97. The molecule has 2 aromatic rings. The van der Waals surface area contributed by atoms with Crippen LogP contribution in [-0.4, -0.2) is 60.0 Å². The third-order valence-electron chi connectivity index (χ3n) is 7.23. The first-order valence-electron chi connectivity index (χ1n) is 13.4. The Kier molecular flexibility index (Phi) is 9.09. The summed E-state index contributed by atoms with van der Waals surface area (Å²) in [6.07, 6.45) is 2.18. The highest BCUT2D eigenvalue weighted by Gasteiger charge is 2.35. The van der Waals surface area contributed by atoms with E-state index >= 15 is 4.39 Å². The molecular weight excluding hydrogens is 512 g/mol. The number of halogens is 4. The molecule has 1 saturated heterocycles. The first-order chi connectivity index (χ1) is 18.5. The van der Waals surface area contributed by atoms with E-state index in [1.807, 2.05) is 25.8 Å². The minimum atomic E-state index is -4.66. The van der Waals surface area contributed by atoms with Crippen molar-refractivity contribution in [3.05, 3.63) is 47.5 Å². The molecule has 1 aliphatic heterocycles. The van der Waals surface area contributed by atoms with Gasteiger partial charge < -0.3 is 20.4 Å². The minimum Gasteiger partial charge on any atom is -0.368 e. The molecular formula is C28H36F4N6O. The van der Waals surface area contributed by atoms with Crippen LogP contribution < -0.4 is 15.5 Å². The largest absolute Gasteiger partial charge is 0.419 e. The van der Waals surface area contributed by atoms with Gasteiger partial charge in [0.05, 0.1) is 16.9 Å². The van der Waals surface area contributed by atoms with Crippen molar-refractivity contribution in [1.82, 2.24) is 20.2 Å². The molecule has 2 heterocycles. The number of aromatic nitrogens is 2. The summed E-state index contributed by atoms with van der Waals surface area (Å²) in [5.74, 6) is -1.06. The van der Waals surface area contributed by atoms with Crippen molar-refractivity contribution in [2.24, 2.45) is 11.8 Å². The van der Waals surface area contributed by atoms with Crippen LogP contribution in [-0.2, 0) is 11.0 Å². The van der Waals surface area contributed by atoms with Crippen molar-refractivity contribution in [3.8, 4) is 0 Å². The Labute approximate surface area is 226 Å². The van der Waals surface area contributed by atoms with Crippen LogP contribution in [0.3, 0.4) is 0 Å². The van der Waals surface area contributed by atoms with Gasteiger partial charge in [0.15, 0.2) is 0 Å². The molecule has 0 bridgehead atoms. The first-order valence-corrected chi connectivity index (χ1v) is 13.4. The average molecular weight is 549 g/mol. The molecule has 0 unspecified atom stereocenters. The second kappa shape index (κ2) is 12.3. The van der Waals surface area contributed by atoms with Crippen molar-refractivity contribution in [1.29, 1.82) is 0 Å². The zero-order valence-corrected chi connectivity index (χ0v) is 22.6. The zero-order valence-electron chi connectivity index (χ0n) is 22.6. The number of likely N-dealkylation sites (N-methyl/N-ethyl adjacent to an activating group) is 1. The second-order valence-corrected chi connectivity index (χ2v) is 10.6. The van der Waals surface area contributed by atoms with Crippen LogP contribution in [0.4, 0.5) is 34.9 Å². The van der Waals surface area contributed by atoms with E-state index in [2.05, 4.69) is 25.5 Å². The molecule has 2 aliphatic rings. The average Bonchev–Trinajstić information content (AvgIpc) is 3.23. The van der Waals surface area contributed by atoms with Crippen LogP contribution in [0.2, 0.25) is 0 Å². The summed E-state index contributed by atoms with van der Waals surface area (Å²) in [6, 6.07) is 4.62. The third-order valence-corrected chi connectivity index (χ3v) is 7.23. The standard InChI is InChI=1S/C28H36F4N6O/c1-18(2)34-26(39)21-7-4-6-19(21)8-10-24-22(28(30,31)32)17-33-27(36-24)35-20-9-11-25(23(29)16-20)38-13-5-12-37(3)14-15-38/h8-11,16-19,21H,4-7,12-15H2,1-3H3,(H,34,39)(H,33,35,36)/b10-8+/t19-,21-/m0/s1. The Morgan fingerprint density at radius 3 is 2.64 bits per heavy atom. The lowest BCUT2D eigenvalue weighted by Gasteiger charge is -2.23. The summed E-state index contributed by atoms with van der Waals surface area (Å²) in [5.41, 5.74) is -0.460. The number of amides is 1. The normalized spacial score (nSPS) is 21.0. The van der Waals surface area contributed by atoms with Crippen molar-refractivity contribution >= 4 is 29.3 Å². The van der Waals surface area contributed by atoms with E-state index in [4.69, 9.17) is 0 Å². The summed E-state index contributed by atoms with van der Waals surface area (Å²) in [5, 5.41) is 5.73. The molecule has 0 radical (unpaired) electrons. The number of allylic oxidation sites excluding steroid dienone is 1. The Balaban J connectivity index is 1.53. The molecule has 4 rings (SSSR count). The highest BCUT2D eigenvalue weighted by molar-refractivity contribution is 5.80. The number of hydrogen-bond acceptors (Lipinski definition) is 6. The molecule has 1 aromatic carbocycles. The van der Waals surface area contributed by atoms with E-state index in [1.54, 1.807) is 18.2 Å². The van der Waals surface area contributed by atoms with Crippen molar-refractivity contribution in [3.63, 3.8) is 0 Å². The summed E-state index contributed by atoms with van der Waals surface area (Å²) < 4.78 is 56.2. The lowest BCUT2D eigenvalue weighted by Crippen LogP contribution is -2.36. The Hall–Kier alpha value is -3.21. The van der Waals surface area contributed by atoms with E-state index < -0.39 is 17.6 Å². The molecule has 212 valence electrons. The molecule has 1 aromatic heterocycles. The van der Waals surface area contributed by atoms with Crippen LogP contribution in [0.1, 0.15) is 50.8 Å². The maximum Gasteiger partial charge on any atom is 0.419 e. The number of nitrogens with zero attached hydrogens (tertiary/aromatic N) is 4. The van der Waals surface area contributed by atoms with Crippen LogP contribution >= 0.6 is 0 Å². The smallest absolute Gasteiger partial charge is 0.368 e. The summed E-state index contributed by atoms with van der Waals surface area (Å²) in [4.78, 5) is 24.7. The van der Waals surface area contributed by atoms with Crippen LogP contribution in [0.5, 0.6) is 0 Å². The number of anilines is 3.